The van der Waals surface area contributed by atoms with E-state index in [1.54, 1.807) is 7.11 Å². The zero-order chi connectivity index (χ0) is 15.1. The summed E-state index contributed by atoms with van der Waals surface area (Å²) in [6.45, 7) is 3.19. The molecule has 1 aromatic heterocycles. The van der Waals surface area contributed by atoms with Crippen molar-refractivity contribution in [2.75, 3.05) is 20.3 Å². The van der Waals surface area contributed by atoms with Crippen LogP contribution in [0.3, 0.4) is 0 Å². The highest BCUT2D eigenvalue weighted by Crippen LogP contribution is 2.29. The molecular weight excluding hydrogens is 332 g/mol. The summed E-state index contributed by atoms with van der Waals surface area (Å²) in [5.74, 6) is 1.65. The molecule has 0 bridgehead atoms. The van der Waals surface area contributed by atoms with Gasteiger partial charge in [-0.3, -0.25) is 0 Å². The summed E-state index contributed by atoms with van der Waals surface area (Å²) in [7, 11) is 1.66. The molecule has 0 saturated heterocycles. The number of hydrogen-bond donors (Lipinski definition) is 0. The van der Waals surface area contributed by atoms with Gasteiger partial charge in [-0.05, 0) is 40.5 Å². The van der Waals surface area contributed by atoms with Crippen molar-refractivity contribution in [3.05, 3.63) is 40.8 Å². The minimum atomic E-state index is 0.515. The molecular formula is C16H19BrN2O2. The number of rotatable bonds is 7. The number of hydrogen-bond acceptors (Lipinski definition) is 4. The molecule has 0 spiro atoms. The van der Waals surface area contributed by atoms with E-state index in [1.807, 2.05) is 30.3 Å². The summed E-state index contributed by atoms with van der Waals surface area (Å²) < 4.78 is 11.6. The Labute approximate surface area is 133 Å². The fraction of sp³-hybridized carbons (Fsp3) is 0.375. The van der Waals surface area contributed by atoms with Crippen molar-refractivity contribution in [2.24, 2.45) is 0 Å². The van der Waals surface area contributed by atoms with Crippen LogP contribution in [0.4, 0.5) is 0 Å². The predicted molar refractivity (Wildman–Crippen MR) is 86.5 cm³/mol. The maximum Gasteiger partial charge on any atom is 0.130 e. The molecule has 0 atom stereocenters. The minimum absolute atomic E-state index is 0.515. The molecule has 0 saturated carbocycles. The van der Waals surface area contributed by atoms with Crippen LogP contribution in [-0.4, -0.2) is 30.3 Å². The average molecular weight is 351 g/mol. The smallest absolute Gasteiger partial charge is 0.130 e. The lowest BCUT2D eigenvalue weighted by atomic mass is 10.1. The van der Waals surface area contributed by atoms with Gasteiger partial charge < -0.3 is 9.47 Å². The SMILES string of the molecule is CCCc1nc(Br)cc(-c2ccccc2OCCOC)n1. The second-order valence-electron chi connectivity index (χ2n) is 4.58. The third-order valence-corrected chi connectivity index (χ3v) is 3.33. The second kappa shape index (κ2) is 8.10. The normalized spacial score (nSPS) is 10.6. The molecule has 1 aromatic carbocycles. The molecule has 112 valence electrons. The van der Waals surface area contributed by atoms with Crippen LogP contribution in [0.2, 0.25) is 0 Å². The zero-order valence-electron chi connectivity index (χ0n) is 12.3. The second-order valence-corrected chi connectivity index (χ2v) is 5.39. The van der Waals surface area contributed by atoms with Crippen LogP contribution in [-0.2, 0) is 11.2 Å². The summed E-state index contributed by atoms with van der Waals surface area (Å²) in [6.07, 6.45) is 1.88. The molecule has 0 radical (unpaired) electrons. The van der Waals surface area contributed by atoms with Gasteiger partial charge in [0.05, 0.1) is 12.3 Å². The van der Waals surface area contributed by atoms with Crippen molar-refractivity contribution in [2.45, 2.75) is 19.8 Å². The fourth-order valence-corrected chi connectivity index (χ4v) is 2.40. The van der Waals surface area contributed by atoms with Gasteiger partial charge in [0, 0.05) is 19.1 Å². The van der Waals surface area contributed by atoms with E-state index in [1.165, 1.54) is 0 Å². The Morgan fingerprint density at radius 3 is 2.71 bits per heavy atom. The Morgan fingerprint density at radius 1 is 1.14 bits per heavy atom. The minimum Gasteiger partial charge on any atom is -0.490 e. The van der Waals surface area contributed by atoms with Crippen LogP contribution in [0, 0.1) is 0 Å². The van der Waals surface area contributed by atoms with E-state index in [4.69, 9.17) is 9.47 Å². The van der Waals surface area contributed by atoms with E-state index in [9.17, 15) is 0 Å². The summed E-state index contributed by atoms with van der Waals surface area (Å²) in [6, 6.07) is 9.80. The average Bonchev–Trinajstić information content (AvgIpc) is 2.48. The molecule has 0 aliphatic rings. The van der Waals surface area contributed by atoms with Gasteiger partial charge in [-0.1, -0.05) is 19.1 Å². The Hall–Kier alpha value is -1.46. The van der Waals surface area contributed by atoms with Crippen LogP contribution < -0.4 is 4.74 Å². The van der Waals surface area contributed by atoms with Crippen LogP contribution in [0.5, 0.6) is 5.75 Å². The summed E-state index contributed by atoms with van der Waals surface area (Å²) in [5, 5.41) is 0. The standard InChI is InChI=1S/C16H19BrN2O2/c1-3-6-16-18-13(11-15(17)19-16)12-7-4-5-8-14(12)21-10-9-20-2/h4-5,7-8,11H,3,6,9-10H2,1-2H3. The lowest BCUT2D eigenvalue weighted by Gasteiger charge is -2.11. The van der Waals surface area contributed by atoms with Crippen molar-refractivity contribution in [3.63, 3.8) is 0 Å². The molecule has 4 nitrogen and oxygen atoms in total. The van der Waals surface area contributed by atoms with Gasteiger partial charge in [0.1, 0.15) is 22.8 Å². The zero-order valence-corrected chi connectivity index (χ0v) is 13.9. The lowest BCUT2D eigenvalue weighted by Crippen LogP contribution is -2.05. The number of aromatic nitrogens is 2. The van der Waals surface area contributed by atoms with Crippen LogP contribution >= 0.6 is 15.9 Å². The molecule has 0 aliphatic carbocycles. The highest BCUT2D eigenvalue weighted by Gasteiger charge is 2.10. The van der Waals surface area contributed by atoms with Crippen LogP contribution in [0.15, 0.2) is 34.9 Å². The van der Waals surface area contributed by atoms with Crippen LogP contribution in [0.1, 0.15) is 19.2 Å². The first kappa shape index (κ1) is 15.9. The Morgan fingerprint density at radius 2 is 1.95 bits per heavy atom. The summed E-state index contributed by atoms with van der Waals surface area (Å²) in [4.78, 5) is 9.03. The Bertz CT molecular complexity index is 590. The maximum atomic E-state index is 5.77. The largest absolute Gasteiger partial charge is 0.490 e. The van der Waals surface area contributed by atoms with Gasteiger partial charge in [-0.15, -0.1) is 0 Å². The number of ether oxygens (including phenoxy) is 2. The Kier molecular flexibility index (Phi) is 6.14. The van der Waals surface area contributed by atoms with Crippen molar-refractivity contribution in [1.82, 2.24) is 9.97 Å². The Balaban J connectivity index is 2.32. The van der Waals surface area contributed by atoms with E-state index in [0.717, 1.165) is 40.3 Å². The molecule has 0 fully saturated rings. The van der Waals surface area contributed by atoms with Gasteiger partial charge >= 0.3 is 0 Å². The topological polar surface area (TPSA) is 44.2 Å². The quantitative estimate of drug-likeness (QED) is 0.561. The number of aryl methyl sites for hydroxylation is 1. The number of methoxy groups -OCH3 is 1. The van der Waals surface area contributed by atoms with Gasteiger partial charge in [-0.25, -0.2) is 9.97 Å². The molecule has 2 aromatic rings. The molecule has 2 rings (SSSR count). The lowest BCUT2D eigenvalue weighted by molar-refractivity contribution is 0.146. The number of para-hydroxylation sites is 1. The highest BCUT2D eigenvalue weighted by atomic mass is 79.9. The molecule has 21 heavy (non-hydrogen) atoms. The molecule has 0 N–H and O–H groups in total. The number of nitrogens with zero attached hydrogens (tertiary/aromatic N) is 2. The van der Waals surface area contributed by atoms with Crippen LogP contribution in [0.25, 0.3) is 11.3 Å². The van der Waals surface area contributed by atoms with Gasteiger partial charge in [0.25, 0.3) is 0 Å². The van der Waals surface area contributed by atoms with Crippen molar-refractivity contribution >= 4 is 15.9 Å². The third kappa shape index (κ3) is 4.51. The molecule has 5 heteroatoms. The predicted octanol–water partition coefficient (Wildman–Crippen LogP) is 3.88. The van der Waals surface area contributed by atoms with Crippen molar-refractivity contribution in [1.29, 1.82) is 0 Å². The molecule has 0 amide bonds. The fourth-order valence-electron chi connectivity index (χ4n) is 1.98. The molecule has 1 heterocycles. The summed E-state index contributed by atoms with van der Waals surface area (Å²) in [5.41, 5.74) is 1.84. The highest BCUT2D eigenvalue weighted by molar-refractivity contribution is 9.10. The first-order valence-electron chi connectivity index (χ1n) is 6.99. The van der Waals surface area contributed by atoms with Gasteiger partial charge in [-0.2, -0.15) is 0 Å². The number of halogens is 1. The first-order valence-corrected chi connectivity index (χ1v) is 7.78. The van der Waals surface area contributed by atoms with E-state index >= 15 is 0 Å². The van der Waals surface area contributed by atoms with Crippen molar-refractivity contribution in [3.8, 4) is 17.0 Å². The van der Waals surface area contributed by atoms with Gasteiger partial charge in [0.15, 0.2) is 0 Å². The first-order chi connectivity index (χ1) is 10.2. The summed E-state index contributed by atoms with van der Waals surface area (Å²) >= 11 is 3.46. The molecule has 0 unspecified atom stereocenters. The van der Waals surface area contributed by atoms with Crippen molar-refractivity contribution < 1.29 is 9.47 Å². The van der Waals surface area contributed by atoms with E-state index in [2.05, 4.69) is 32.8 Å². The monoisotopic (exact) mass is 350 g/mol. The van der Waals surface area contributed by atoms with E-state index < -0.39 is 0 Å². The number of benzene rings is 1. The van der Waals surface area contributed by atoms with E-state index in [0.29, 0.717) is 13.2 Å². The van der Waals surface area contributed by atoms with Gasteiger partial charge in [0.2, 0.25) is 0 Å². The maximum absolute atomic E-state index is 5.77. The third-order valence-electron chi connectivity index (χ3n) is 2.92. The van der Waals surface area contributed by atoms with E-state index in [-0.39, 0.29) is 0 Å². The molecule has 0 aliphatic heterocycles.